The average molecular weight is 383 g/mol. The Balaban J connectivity index is 1.92. The third kappa shape index (κ3) is 6.12. The molecule has 2 amide bonds. The molecule has 0 aromatic heterocycles. The highest BCUT2D eigenvalue weighted by Gasteiger charge is 2.17. The van der Waals surface area contributed by atoms with E-state index in [1.54, 1.807) is 31.2 Å². The van der Waals surface area contributed by atoms with Gasteiger partial charge < -0.3 is 15.4 Å². The van der Waals surface area contributed by atoms with Crippen LogP contribution in [0.3, 0.4) is 0 Å². The van der Waals surface area contributed by atoms with Crippen molar-refractivity contribution in [2.75, 3.05) is 10.6 Å². The van der Waals surface area contributed by atoms with E-state index in [0.717, 1.165) is 0 Å². The number of nitrogens with one attached hydrogen (secondary N) is 2. The highest BCUT2D eigenvalue weighted by atomic mass is 16.5. The van der Waals surface area contributed by atoms with Crippen LogP contribution in [0.2, 0.25) is 0 Å². The molecular weight excluding hydrogens is 352 g/mol. The average Bonchev–Trinajstić information content (AvgIpc) is 2.62. The predicted octanol–water partition coefficient (Wildman–Crippen LogP) is 4.98. The van der Waals surface area contributed by atoms with Crippen LogP contribution in [0.4, 0.5) is 11.4 Å². The van der Waals surface area contributed by atoms with Crippen molar-refractivity contribution < 1.29 is 14.3 Å². The van der Waals surface area contributed by atoms with E-state index < -0.39 is 6.10 Å². The molecule has 0 heterocycles. The molecule has 28 heavy (non-hydrogen) atoms. The minimum Gasteiger partial charge on any atom is -0.481 e. The quantitative estimate of drug-likeness (QED) is 0.740. The van der Waals surface area contributed by atoms with Gasteiger partial charge in [-0.05, 0) is 54.3 Å². The van der Waals surface area contributed by atoms with E-state index in [-0.39, 0.29) is 23.1 Å². The normalized spacial score (nSPS) is 12.4. The van der Waals surface area contributed by atoms with Crippen molar-refractivity contribution in [3.8, 4) is 5.75 Å². The number of hydrogen-bond acceptors (Lipinski definition) is 3. The molecule has 5 nitrogen and oxygen atoms in total. The summed E-state index contributed by atoms with van der Waals surface area (Å²) in [5.41, 5.74) is 2.62. The summed E-state index contributed by atoms with van der Waals surface area (Å²) in [4.78, 5) is 24.1. The van der Waals surface area contributed by atoms with E-state index in [4.69, 9.17) is 4.74 Å². The first kappa shape index (κ1) is 21.5. The van der Waals surface area contributed by atoms with Crippen LogP contribution in [0.1, 0.15) is 47.1 Å². The Morgan fingerprint density at radius 3 is 1.68 bits per heavy atom. The van der Waals surface area contributed by atoms with Gasteiger partial charge in [-0.2, -0.15) is 0 Å². The molecule has 1 atom stereocenters. The van der Waals surface area contributed by atoms with Crippen molar-refractivity contribution in [3.63, 3.8) is 0 Å². The minimum absolute atomic E-state index is 0.0451. The molecule has 150 valence electrons. The van der Waals surface area contributed by atoms with Gasteiger partial charge in [0.2, 0.25) is 5.91 Å². The molecule has 5 heteroatoms. The molecule has 2 aromatic carbocycles. The van der Waals surface area contributed by atoms with E-state index in [0.29, 0.717) is 17.1 Å². The molecule has 0 bridgehead atoms. The maximum Gasteiger partial charge on any atom is 0.265 e. The lowest BCUT2D eigenvalue weighted by atomic mass is 9.87. The second-order valence-electron chi connectivity index (χ2n) is 8.25. The summed E-state index contributed by atoms with van der Waals surface area (Å²) >= 11 is 0. The fourth-order valence-electron chi connectivity index (χ4n) is 2.46. The van der Waals surface area contributed by atoms with Gasteiger partial charge in [-0.3, -0.25) is 9.59 Å². The summed E-state index contributed by atoms with van der Waals surface area (Å²) in [6.07, 6.45) is -0.638. The number of rotatable bonds is 6. The number of carbonyl (C=O) groups is 2. The Kier molecular flexibility index (Phi) is 6.84. The van der Waals surface area contributed by atoms with Gasteiger partial charge in [-0.15, -0.1) is 0 Å². The largest absolute Gasteiger partial charge is 0.481 e. The van der Waals surface area contributed by atoms with Gasteiger partial charge in [-0.1, -0.05) is 46.8 Å². The Morgan fingerprint density at radius 1 is 0.786 bits per heavy atom. The van der Waals surface area contributed by atoms with Gasteiger partial charge in [0.05, 0.1) is 0 Å². The molecule has 0 aliphatic heterocycles. The Bertz CT molecular complexity index is 803. The lowest BCUT2D eigenvalue weighted by Gasteiger charge is -2.20. The monoisotopic (exact) mass is 382 g/mol. The fraction of sp³-hybridized carbons (Fsp3) is 0.391. The van der Waals surface area contributed by atoms with E-state index >= 15 is 0 Å². The van der Waals surface area contributed by atoms with Crippen LogP contribution in [0.5, 0.6) is 5.75 Å². The van der Waals surface area contributed by atoms with Gasteiger partial charge in [0, 0.05) is 17.3 Å². The fourth-order valence-corrected chi connectivity index (χ4v) is 2.46. The summed E-state index contributed by atoms with van der Waals surface area (Å²) in [5, 5.41) is 5.64. The van der Waals surface area contributed by atoms with Crippen LogP contribution < -0.4 is 15.4 Å². The van der Waals surface area contributed by atoms with Gasteiger partial charge >= 0.3 is 0 Å². The van der Waals surface area contributed by atoms with Gasteiger partial charge in [0.25, 0.3) is 5.91 Å². The van der Waals surface area contributed by atoms with Crippen LogP contribution in [0, 0.1) is 5.92 Å². The molecule has 0 fully saturated rings. The van der Waals surface area contributed by atoms with Crippen molar-refractivity contribution >= 4 is 23.2 Å². The minimum atomic E-state index is -0.638. The lowest BCUT2D eigenvalue weighted by molar-refractivity contribution is -0.122. The first-order valence-corrected chi connectivity index (χ1v) is 9.55. The molecule has 0 aliphatic carbocycles. The predicted molar refractivity (Wildman–Crippen MR) is 114 cm³/mol. The molecule has 0 spiro atoms. The zero-order valence-corrected chi connectivity index (χ0v) is 17.5. The number of ether oxygens (including phenoxy) is 1. The summed E-state index contributed by atoms with van der Waals surface area (Å²) in [6.45, 7) is 11.8. The summed E-state index contributed by atoms with van der Waals surface area (Å²) in [6, 6.07) is 14.8. The Labute approximate surface area is 167 Å². The van der Waals surface area contributed by atoms with E-state index in [2.05, 4.69) is 31.4 Å². The molecule has 2 N–H and O–H groups in total. The number of carbonyl (C=O) groups excluding carboxylic acids is 2. The topological polar surface area (TPSA) is 67.4 Å². The maximum atomic E-state index is 12.4. The highest BCUT2D eigenvalue weighted by molar-refractivity contribution is 5.95. The number of hydrogen-bond donors (Lipinski definition) is 2. The van der Waals surface area contributed by atoms with E-state index in [1.807, 2.05) is 38.1 Å². The SMILES string of the molecule is CC(C)C(=O)Nc1ccc(NC(=O)C(C)Oc2ccc(C(C)(C)C)cc2)cc1. The molecule has 2 aromatic rings. The summed E-state index contributed by atoms with van der Waals surface area (Å²) in [5.74, 6) is 0.285. The third-order valence-electron chi connectivity index (χ3n) is 4.35. The van der Waals surface area contributed by atoms with Crippen LogP contribution >= 0.6 is 0 Å². The molecule has 0 radical (unpaired) electrons. The Hall–Kier alpha value is -2.82. The zero-order valence-electron chi connectivity index (χ0n) is 17.5. The highest BCUT2D eigenvalue weighted by Crippen LogP contribution is 2.24. The number of benzene rings is 2. The summed E-state index contributed by atoms with van der Waals surface area (Å²) < 4.78 is 5.75. The molecule has 1 unspecified atom stereocenters. The second kappa shape index (κ2) is 8.91. The number of amides is 2. The third-order valence-corrected chi connectivity index (χ3v) is 4.35. The van der Waals surface area contributed by atoms with Crippen molar-refractivity contribution in [2.24, 2.45) is 5.92 Å². The number of anilines is 2. The lowest BCUT2D eigenvalue weighted by Crippen LogP contribution is -2.30. The Morgan fingerprint density at radius 2 is 1.25 bits per heavy atom. The van der Waals surface area contributed by atoms with Crippen molar-refractivity contribution in [1.82, 2.24) is 0 Å². The van der Waals surface area contributed by atoms with Gasteiger partial charge in [0.1, 0.15) is 5.75 Å². The first-order chi connectivity index (χ1) is 13.1. The van der Waals surface area contributed by atoms with Crippen molar-refractivity contribution in [2.45, 2.75) is 53.1 Å². The van der Waals surface area contributed by atoms with Gasteiger partial charge in [0.15, 0.2) is 6.10 Å². The van der Waals surface area contributed by atoms with Crippen LogP contribution in [0.25, 0.3) is 0 Å². The molecule has 0 saturated heterocycles. The van der Waals surface area contributed by atoms with Gasteiger partial charge in [-0.25, -0.2) is 0 Å². The van der Waals surface area contributed by atoms with E-state index in [9.17, 15) is 9.59 Å². The van der Waals surface area contributed by atoms with Crippen LogP contribution in [-0.2, 0) is 15.0 Å². The standard InChI is InChI=1S/C23H30N2O3/c1-15(2)21(26)24-18-9-11-19(12-10-18)25-22(27)16(3)28-20-13-7-17(8-14-20)23(4,5)6/h7-16H,1-6H3,(H,24,26)(H,25,27). The maximum absolute atomic E-state index is 12.4. The smallest absolute Gasteiger partial charge is 0.265 e. The molecule has 0 saturated carbocycles. The van der Waals surface area contributed by atoms with Crippen molar-refractivity contribution in [3.05, 3.63) is 54.1 Å². The van der Waals surface area contributed by atoms with Crippen LogP contribution in [-0.4, -0.2) is 17.9 Å². The van der Waals surface area contributed by atoms with E-state index in [1.165, 1.54) is 5.56 Å². The second-order valence-corrected chi connectivity index (χ2v) is 8.25. The van der Waals surface area contributed by atoms with Crippen molar-refractivity contribution in [1.29, 1.82) is 0 Å². The van der Waals surface area contributed by atoms with Crippen LogP contribution in [0.15, 0.2) is 48.5 Å². The molecular formula is C23H30N2O3. The zero-order chi connectivity index (χ0) is 20.9. The summed E-state index contributed by atoms with van der Waals surface area (Å²) in [7, 11) is 0. The molecule has 2 rings (SSSR count). The molecule has 0 aliphatic rings. The first-order valence-electron chi connectivity index (χ1n) is 9.55.